The average molecular weight is 225 g/mol. The second kappa shape index (κ2) is 4.13. The number of benzene rings is 1. The van der Waals surface area contributed by atoms with E-state index in [-0.39, 0.29) is 11.0 Å². The van der Waals surface area contributed by atoms with Crippen LogP contribution in [0.25, 0.3) is 0 Å². The maximum Gasteiger partial charge on any atom is 0.129 e. The van der Waals surface area contributed by atoms with E-state index < -0.39 is 11.6 Å². The Morgan fingerprint density at radius 3 is 2.19 bits per heavy atom. The molecule has 2 rings (SSSR count). The van der Waals surface area contributed by atoms with Crippen LogP contribution in [0.15, 0.2) is 18.2 Å². The summed E-state index contributed by atoms with van der Waals surface area (Å²) in [6.07, 6.45) is 0.482. The summed E-state index contributed by atoms with van der Waals surface area (Å²) < 4.78 is 27.1. The third-order valence-electron chi connectivity index (χ3n) is 3.77. The highest BCUT2D eigenvalue weighted by Gasteiger charge is 2.40. The molecule has 88 valence electrons. The first kappa shape index (κ1) is 11.5. The molecule has 0 aliphatic carbocycles. The zero-order valence-corrected chi connectivity index (χ0v) is 9.69. The van der Waals surface area contributed by atoms with Gasteiger partial charge in [-0.3, -0.25) is 0 Å². The van der Waals surface area contributed by atoms with Crippen molar-refractivity contribution in [2.24, 2.45) is 11.3 Å². The minimum absolute atomic E-state index is 0.0169. The fourth-order valence-electron chi connectivity index (χ4n) is 2.24. The summed E-state index contributed by atoms with van der Waals surface area (Å²) >= 11 is 0. The Kier molecular flexibility index (Phi) is 2.98. The van der Waals surface area contributed by atoms with Crippen LogP contribution in [0.5, 0.6) is 0 Å². The molecule has 0 bridgehead atoms. The van der Waals surface area contributed by atoms with Gasteiger partial charge in [-0.15, -0.1) is 0 Å². The molecule has 0 radical (unpaired) electrons. The van der Waals surface area contributed by atoms with Crippen LogP contribution < -0.4 is 5.32 Å². The Morgan fingerprint density at radius 1 is 1.25 bits per heavy atom. The minimum atomic E-state index is -0.424. The van der Waals surface area contributed by atoms with E-state index in [4.69, 9.17) is 0 Å². The van der Waals surface area contributed by atoms with Crippen molar-refractivity contribution in [1.82, 2.24) is 5.32 Å². The molecular weight excluding hydrogens is 208 g/mol. The molecule has 1 aliphatic heterocycles. The zero-order valence-electron chi connectivity index (χ0n) is 9.69. The topological polar surface area (TPSA) is 12.0 Å². The van der Waals surface area contributed by atoms with Gasteiger partial charge in [-0.2, -0.15) is 0 Å². The Labute approximate surface area is 94.9 Å². The quantitative estimate of drug-likeness (QED) is 0.834. The van der Waals surface area contributed by atoms with Crippen LogP contribution in [0, 0.1) is 23.0 Å². The van der Waals surface area contributed by atoms with Gasteiger partial charge in [-0.05, 0) is 24.5 Å². The normalized spacial score (nSPS) is 18.6. The number of halogens is 2. The molecule has 1 aromatic rings. The van der Waals surface area contributed by atoms with Crippen molar-refractivity contribution < 1.29 is 8.78 Å². The molecule has 0 spiro atoms. The first-order chi connectivity index (χ1) is 7.55. The molecule has 1 N–H and O–H groups in total. The summed E-state index contributed by atoms with van der Waals surface area (Å²) in [5.74, 6) is -0.424. The van der Waals surface area contributed by atoms with Gasteiger partial charge in [0.05, 0.1) is 0 Å². The predicted molar refractivity (Wildman–Crippen MR) is 60.2 cm³/mol. The molecule has 1 fully saturated rings. The number of nitrogens with one attached hydrogen (secondary N) is 1. The summed E-state index contributed by atoms with van der Waals surface area (Å²) in [4.78, 5) is 0. The van der Waals surface area contributed by atoms with Crippen molar-refractivity contribution in [3.63, 3.8) is 0 Å². The van der Waals surface area contributed by atoms with Gasteiger partial charge in [-0.25, -0.2) is 8.78 Å². The van der Waals surface area contributed by atoms with Gasteiger partial charge in [0.1, 0.15) is 11.6 Å². The molecule has 0 amide bonds. The second-order valence-electron chi connectivity index (χ2n) is 5.00. The third-order valence-corrected chi connectivity index (χ3v) is 3.77. The van der Waals surface area contributed by atoms with Crippen LogP contribution in [0.2, 0.25) is 0 Å². The van der Waals surface area contributed by atoms with E-state index >= 15 is 0 Å². The molecular formula is C13H17F2N. The molecule has 0 saturated carbocycles. The molecule has 1 aliphatic rings. The van der Waals surface area contributed by atoms with E-state index in [0.717, 1.165) is 13.1 Å². The van der Waals surface area contributed by atoms with E-state index in [1.807, 2.05) is 0 Å². The molecule has 1 saturated heterocycles. The molecule has 1 nitrogen and oxygen atoms in total. The average Bonchev–Trinajstić information content (AvgIpc) is 2.14. The third kappa shape index (κ3) is 1.84. The summed E-state index contributed by atoms with van der Waals surface area (Å²) in [5, 5.41) is 3.20. The molecule has 0 unspecified atom stereocenters. The van der Waals surface area contributed by atoms with E-state index in [9.17, 15) is 8.78 Å². The maximum absolute atomic E-state index is 13.5. The fraction of sp³-hybridized carbons (Fsp3) is 0.538. The monoisotopic (exact) mass is 225 g/mol. The lowest BCUT2D eigenvalue weighted by atomic mass is 9.68. The van der Waals surface area contributed by atoms with Crippen molar-refractivity contribution in [1.29, 1.82) is 0 Å². The highest BCUT2D eigenvalue weighted by Crippen LogP contribution is 2.36. The lowest BCUT2D eigenvalue weighted by Gasteiger charge is -2.46. The zero-order chi connectivity index (χ0) is 11.8. The van der Waals surface area contributed by atoms with Crippen LogP contribution >= 0.6 is 0 Å². The van der Waals surface area contributed by atoms with E-state index in [0.29, 0.717) is 12.3 Å². The van der Waals surface area contributed by atoms with Gasteiger partial charge in [0.2, 0.25) is 0 Å². The molecule has 1 heterocycles. The SMILES string of the molecule is CC(C)C1(Cc2c(F)cccc2F)CNC1. The summed E-state index contributed by atoms with van der Waals surface area (Å²) in [6.45, 7) is 5.91. The van der Waals surface area contributed by atoms with Gasteiger partial charge >= 0.3 is 0 Å². The Balaban J connectivity index is 2.26. The van der Waals surface area contributed by atoms with Gasteiger partial charge < -0.3 is 5.32 Å². The lowest BCUT2D eigenvalue weighted by Crippen LogP contribution is -2.57. The van der Waals surface area contributed by atoms with Crippen molar-refractivity contribution in [2.75, 3.05) is 13.1 Å². The molecule has 1 aromatic carbocycles. The maximum atomic E-state index is 13.5. The largest absolute Gasteiger partial charge is 0.315 e. The van der Waals surface area contributed by atoms with Crippen molar-refractivity contribution in [3.05, 3.63) is 35.4 Å². The molecule has 3 heteroatoms. The number of hydrogen-bond acceptors (Lipinski definition) is 1. The van der Waals surface area contributed by atoms with E-state index in [1.54, 1.807) is 0 Å². The molecule has 0 aromatic heterocycles. The van der Waals surface area contributed by atoms with Gasteiger partial charge in [0, 0.05) is 24.1 Å². The molecule has 0 atom stereocenters. The van der Waals surface area contributed by atoms with Gasteiger partial charge in [0.15, 0.2) is 0 Å². The number of rotatable bonds is 3. The standard InChI is InChI=1S/C13H17F2N/c1-9(2)13(7-16-8-13)6-10-11(14)4-3-5-12(10)15/h3-5,9,16H,6-8H2,1-2H3. The van der Waals surface area contributed by atoms with Gasteiger partial charge in [-0.1, -0.05) is 19.9 Å². The van der Waals surface area contributed by atoms with Crippen LogP contribution in [0.4, 0.5) is 8.78 Å². The van der Waals surface area contributed by atoms with E-state index in [2.05, 4.69) is 19.2 Å². The first-order valence-corrected chi connectivity index (χ1v) is 5.69. The summed E-state index contributed by atoms with van der Waals surface area (Å²) in [5.41, 5.74) is 0.251. The fourth-order valence-corrected chi connectivity index (χ4v) is 2.24. The Morgan fingerprint density at radius 2 is 1.81 bits per heavy atom. The van der Waals surface area contributed by atoms with Crippen LogP contribution in [-0.2, 0) is 6.42 Å². The summed E-state index contributed by atoms with van der Waals surface area (Å²) in [7, 11) is 0. The lowest BCUT2D eigenvalue weighted by molar-refractivity contribution is 0.0969. The highest BCUT2D eigenvalue weighted by atomic mass is 19.1. The predicted octanol–water partition coefficient (Wildman–Crippen LogP) is 2.75. The Hall–Kier alpha value is -0.960. The second-order valence-corrected chi connectivity index (χ2v) is 5.00. The summed E-state index contributed by atoms with van der Waals surface area (Å²) in [6, 6.07) is 4.08. The van der Waals surface area contributed by atoms with Gasteiger partial charge in [0.25, 0.3) is 0 Å². The van der Waals surface area contributed by atoms with Crippen molar-refractivity contribution in [2.45, 2.75) is 20.3 Å². The smallest absolute Gasteiger partial charge is 0.129 e. The Bertz CT molecular complexity index is 363. The van der Waals surface area contributed by atoms with E-state index in [1.165, 1.54) is 18.2 Å². The molecule has 16 heavy (non-hydrogen) atoms. The number of hydrogen-bond donors (Lipinski definition) is 1. The minimum Gasteiger partial charge on any atom is -0.315 e. The van der Waals surface area contributed by atoms with Crippen molar-refractivity contribution in [3.8, 4) is 0 Å². The van der Waals surface area contributed by atoms with Crippen LogP contribution in [0.1, 0.15) is 19.4 Å². The highest BCUT2D eigenvalue weighted by molar-refractivity contribution is 5.22. The van der Waals surface area contributed by atoms with Crippen LogP contribution in [-0.4, -0.2) is 13.1 Å². The van der Waals surface area contributed by atoms with Crippen molar-refractivity contribution >= 4 is 0 Å². The first-order valence-electron chi connectivity index (χ1n) is 5.69. The van der Waals surface area contributed by atoms with Crippen LogP contribution in [0.3, 0.4) is 0 Å².